The van der Waals surface area contributed by atoms with Crippen LogP contribution in [0.3, 0.4) is 0 Å². The molecule has 0 radical (unpaired) electrons. The number of nitrogens with zero attached hydrogens (tertiary/aromatic N) is 2. The second-order valence-electron chi connectivity index (χ2n) is 11.6. The van der Waals surface area contributed by atoms with E-state index < -0.39 is 22.1 Å². The minimum atomic E-state index is -1.24. The van der Waals surface area contributed by atoms with Crippen molar-refractivity contribution in [2.75, 3.05) is 20.0 Å². The Kier molecular flexibility index (Phi) is 9.46. The van der Waals surface area contributed by atoms with Gasteiger partial charge in [0.1, 0.15) is 24.3 Å². The number of carboxylic acid groups (broad SMARTS) is 1. The standard InChI is InChI=1S/C27H38N2O6Si2/c1-36(2,3)13-11-33-18-29-17-28-25-23(26(29)30)15-22(20-7-9-21(10-8-20)27(31)32)16-24(25)35-19-34-12-14-37(4,5)6/h7-10,15-17H,11-14,18-19H2,1-6H3,(H,31,32). The van der Waals surface area contributed by atoms with E-state index in [2.05, 4.69) is 44.3 Å². The van der Waals surface area contributed by atoms with E-state index in [9.17, 15) is 14.7 Å². The lowest BCUT2D eigenvalue weighted by molar-refractivity contribution is 0.0228. The molecule has 1 heterocycles. The van der Waals surface area contributed by atoms with Gasteiger partial charge in [0.05, 0.1) is 10.9 Å². The molecule has 0 spiro atoms. The molecule has 0 aliphatic heterocycles. The number of rotatable bonds is 13. The number of aromatic nitrogens is 2. The molecule has 3 rings (SSSR count). The molecule has 0 bridgehead atoms. The summed E-state index contributed by atoms with van der Waals surface area (Å²) in [5.74, 6) is -0.558. The van der Waals surface area contributed by atoms with E-state index in [1.807, 2.05) is 0 Å². The van der Waals surface area contributed by atoms with Gasteiger partial charge in [0.2, 0.25) is 0 Å². The Balaban J connectivity index is 1.91. The van der Waals surface area contributed by atoms with Crippen molar-refractivity contribution < 1.29 is 24.1 Å². The first-order valence-electron chi connectivity index (χ1n) is 12.5. The van der Waals surface area contributed by atoms with Gasteiger partial charge in [0.15, 0.2) is 6.79 Å². The summed E-state index contributed by atoms with van der Waals surface area (Å²) in [5, 5.41) is 9.63. The minimum Gasteiger partial charge on any atom is -0.478 e. The van der Waals surface area contributed by atoms with Crippen molar-refractivity contribution in [3.63, 3.8) is 0 Å². The first kappa shape index (κ1) is 28.8. The first-order valence-corrected chi connectivity index (χ1v) is 19.9. The van der Waals surface area contributed by atoms with Gasteiger partial charge in [-0.05, 0) is 47.5 Å². The average molecular weight is 543 g/mol. The number of hydrogen-bond acceptors (Lipinski definition) is 6. The summed E-state index contributed by atoms with van der Waals surface area (Å²) in [6.07, 6.45) is 1.49. The Morgan fingerprint density at radius 2 is 1.54 bits per heavy atom. The highest BCUT2D eigenvalue weighted by Gasteiger charge is 2.16. The number of aromatic carboxylic acids is 1. The lowest BCUT2D eigenvalue weighted by Gasteiger charge is -2.17. The predicted molar refractivity (Wildman–Crippen MR) is 152 cm³/mol. The van der Waals surface area contributed by atoms with Gasteiger partial charge in [0.25, 0.3) is 5.56 Å². The highest BCUT2D eigenvalue weighted by atomic mass is 28.3. The van der Waals surface area contributed by atoms with Crippen LogP contribution in [-0.2, 0) is 16.2 Å². The lowest BCUT2D eigenvalue weighted by Crippen LogP contribution is -2.25. The lowest BCUT2D eigenvalue weighted by atomic mass is 10.0. The Morgan fingerprint density at radius 3 is 2.14 bits per heavy atom. The van der Waals surface area contributed by atoms with Crippen LogP contribution in [0.2, 0.25) is 51.4 Å². The minimum absolute atomic E-state index is 0.0472. The Morgan fingerprint density at radius 1 is 0.919 bits per heavy atom. The Bertz CT molecular complexity index is 1280. The van der Waals surface area contributed by atoms with E-state index in [1.54, 1.807) is 24.3 Å². The van der Waals surface area contributed by atoms with Crippen LogP contribution >= 0.6 is 0 Å². The van der Waals surface area contributed by atoms with E-state index in [1.165, 1.54) is 23.0 Å². The summed E-state index contributed by atoms with van der Waals surface area (Å²) in [7, 11) is -2.46. The molecule has 0 aliphatic rings. The Hall–Kier alpha value is -2.80. The van der Waals surface area contributed by atoms with Crippen LogP contribution in [0.1, 0.15) is 10.4 Å². The topological polar surface area (TPSA) is 99.9 Å². The molecule has 8 nitrogen and oxygen atoms in total. The summed E-state index contributed by atoms with van der Waals surface area (Å²) >= 11 is 0. The average Bonchev–Trinajstić information content (AvgIpc) is 2.81. The van der Waals surface area contributed by atoms with Gasteiger partial charge in [-0.1, -0.05) is 51.4 Å². The van der Waals surface area contributed by atoms with Crippen LogP contribution < -0.4 is 10.3 Å². The fourth-order valence-electron chi connectivity index (χ4n) is 3.50. The number of carbonyl (C=O) groups is 1. The third kappa shape index (κ3) is 8.63. The molecule has 37 heavy (non-hydrogen) atoms. The van der Waals surface area contributed by atoms with Gasteiger partial charge in [-0.15, -0.1) is 0 Å². The van der Waals surface area contributed by atoms with E-state index in [0.29, 0.717) is 29.9 Å². The first-order chi connectivity index (χ1) is 17.3. The molecule has 10 heteroatoms. The molecule has 0 saturated carbocycles. The molecule has 0 unspecified atom stereocenters. The number of hydrogen-bond donors (Lipinski definition) is 1. The maximum absolute atomic E-state index is 13.4. The zero-order valence-electron chi connectivity index (χ0n) is 22.7. The van der Waals surface area contributed by atoms with Crippen LogP contribution in [0.15, 0.2) is 47.5 Å². The molecule has 1 aromatic heterocycles. The van der Waals surface area contributed by atoms with Gasteiger partial charge in [-0.3, -0.25) is 9.36 Å². The normalized spacial score (nSPS) is 12.2. The molecule has 0 aliphatic carbocycles. The monoisotopic (exact) mass is 542 g/mol. The molecule has 0 saturated heterocycles. The largest absolute Gasteiger partial charge is 0.478 e. The fraction of sp³-hybridized carbons (Fsp3) is 0.444. The number of benzene rings is 2. The smallest absolute Gasteiger partial charge is 0.335 e. The third-order valence-corrected chi connectivity index (χ3v) is 9.29. The summed E-state index contributed by atoms with van der Waals surface area (Å²) < 4.78 is 18.9. The van der Waals surface area contributed by atoms with Crippen molar-refractivity contribution >= 4 is 33.0 Å². The van der Waals surface area contributed by atoms with E-state index in [0.717, 1.165) is 23.2 Å². The summed E-state index contributed by atoms with van der Waals surface area (Å²) in [5.41, 5.74) is 1.89. The molecule has 200 valence electrons. The summed E-state index contributed by atoms with van der Waals surface area (Å²) in [6.45, 7) is 15.1. The van der Waals surface area contributed by atoms with Crippen molar-refractivity contribution in [3.05, 3.63) is 58.6 Å². The number of carboxylic acids is 1. The Labute approximate surface area is 220 Å². The molecule has 0 fully saturated rings. The highest BCUT2D eigenvalue weighted by molar-refractivity contribution is 6.76. The van der Waals surface area contributed by atoms with Crippen LogP contribution in [0.5, 0.6) is 5.75 Å². The van der Waals surface area contributed by atoms with Crippen molar-refractivity contribution in [2.24, 2.45) is 0 Å². The van der Waals surface area contributed by atoms with E-state index in [-0.39, 0.29) is 24.6 Å². The molecule has 2 aromatic carbocycles. The van der Waals surface area contributed by atoms with Crippen LogP contribution in [0.25, 0.3) is 22.0 Å². The number of fused-ring (bicyclic) bond motifs is 1. The van der Waals surface area contributed by atoms with Crippen molar-refractivity contribution in [1.82, 2.24) is 9.55 Å². The molecule has 3 aromatic rings. The summed E-state index contributed by atoms with van der Waals surface area (Å²) in [4.78, 5) is 29.2. The van der Waals surface area contributed by atoms with Crippen LogP contribution in [-0.4, -0.2) is 56.8 Å². The van der Waals surface area contributed by atoms with Crippen molar-refractivity contribution in [3.8, 4) is 16.9 Å². The van der Waals surface area contributed by atoms with Crippen molar-refractivity contribution in [2.45, 2.75) is 58.1 Å². The maximum Gasteiger partial charge on any atom is 0.335 e. The SMILES string of the molecule is C[Si](C)(C)CCOCOc1cc(-c2ccc(C(=O)O)cc2)cc2c(=O)n(COCC[Si](C)(C)C)cnc12. The van der Waals surface area contributed by atoms with Crippen LogP contribution in [0.4, 0.5) is 0 Å². The summed E-state index contributed by atoms with van der Waals surface area (Å²) in [6, 6.07) is 12.1. The predicted octanol–water partition coefficient (Wildman–Crippen LogP) is 5.77. The second-order valence-corrected chi connectivity index (χ2v) is 22.8. The molecular formula is C27H38N2O6Si2. The molecule has 1 N–H and O–H groups in total. The quantitative estimate of drug-likeness (QED) is 0.166. The second kappa shape index (κ2) is 12.2. The highest BCUT2D eigenvalue weighted by Crippen LogP contribution is 2.30. The van der Waals surface area contributed by atoms with E-state index in [4.69, 9.17) is 14.2 Å². The zero-order chi connectivity index (χ0) is 27.2. The fourth-order valence-corrected chi connectivity index (χ4v) is 5.01. The molecule has 0 atom stereocenters. The van der Waals surface area contributed by atoms with Gasteiger partial charge in [0, 0.05) is 29.4 Å². The zero-order valence-corrected chi connectivity index (χ0v) is 24.7. The number of ether oxygens (including phenoxy) is 3. The van der Waals surface area contributed by atoms with E-state index >= 15 is 0 Å². The van der Waals surface area contributed by atoms with Crippen molar-refractivity contribution in [1.29, 1.82) is 0 Å². The van der Waals surface area contributed by atoms with Gasteiger partial charge >= 0.3 is 5.97 Å². The van der Waals surface area contributed by atoms with Gasteiger partial charge in [-0.2, -0.15) is 0 Å². The molecular weight excluding hydrogens is 504 g/mol. The van der Waals surface area contributed by atoms with Gasteiger partial charge < -0.3 is 19.3 Å². The van der Waals surface area contributed by atoms with Gasteiger partial charge in [-0.25, -0.2) is 9.78 Å². The third-order valence-electron chi connectivity index (χ3n) is 5.88. The molecule has 0 amide bonds. The van der Waals surface area contributed by atoms with Crippen LogP contribution in [0, 0.1) is 0 Å². The maximum atomic E-state index is 13.4.